The van der Waals surface area contributed by atoms with Gasteiger partial charge in [0.1, 0.15) is 23.8 Å². The number of carboxylic acid groups (broad SMARTS) is 1. The van der Waals surface area contributed by atoms with Crippen LogP contribution in [-0.4, -0.2) is 29.5 Å². The van der Waals surface area contributed by atoms with E-state index in [4.69, 9.17) is 30.5 Å². The first kappa shape index (κ1) is 21.0. The molecule has 33 heavy (non-hydrogen) atoms. The number of hydrogen-bond donors (Lipinski definition) is 1. The molecule has 5 rings (SSSR count). The van der Waals surface area contributed by atoms with Gasteiger partial charge in [-0.15, -0.1) is 0 Å². The lowest BCUT2D eigenvalue weighted by molar-refractivity contribution is 0.0686. The quantitative estimate of drug-likeness (QED) is 0.396. The summed E-state index contributed by atoms with van der Waals surface area (Å²) >= 11 is 6.43. The summed E-state index contributed by atoms with van der Waals surface area (Å²) in [6.07, 6.45) is 0. The highest BCUT2D eigenvalue weighted by Gasteiger charge is 2.20. The molecule has 0 radical (unpaired) electrons. The molecule has 0 saturated heterocycles. The number of methoxy groups -OCH3 is 1. The standard InChI is InChI=1S/C25H20ClNO6/c1-30-18-4-2-15(3-5-18)13-31-19-6-7-21-16(8-19)9-22(25(28)29)27(21)12-17-10-23-24(11-20(17)26)33-14-32-23/h2-11H,12-14H2,1H3,(H,28,29). The summed E-state index contributed by atoms with van der Waals surface area (Å²) in [5.41, 5.74) is 2.65. The van der Waals surface area contributed by atoms with Crippen LogP contribution in [-0.2, 0) is 13.2 Å². The number of carboxylic acids is 1. The Balaban J connectivity index is 1.43. The number of halogens is 1. The number of carbonyl (C=O) groups is 1. The van der Waals surface area contributed by atoms with Gasteiger partial charge in [-0.05, 0) is 53.6 Å². The molecule has 0 unspecified atom stereocenters. The Labute approximate surface area is 194 Å². The van der Waals surface area contributed by atoms with Crippen LogP contribution in [0.25, 0.3) is 10.9 Å². The minimum Gasteiger partial charge on any atom is -0.497 e. The summed E-state index contributed by atoms with van der Waals surface area (Å²) in [6.45, 7) is 0.794. The maximum Gasteiger partial charge on any atom is 0.352 e. The van der Waals surface area contributed by atoms with Gasteiger partial charge < -0.3 is 28.6 Å². The summed E-state index contributed by atoms with van der Waals surface area (Å²) in [5, 5.41) is 11.0. The lowest BCUT2D eigenvalue weighted by atomic mass is 10.2. The highest BCUT2D eigenvalue weighted by atomic mass is 35.5. The number of aromatic carboxylic acids is 1. The minimum atomic E-state index is -1.02. The molecule has 0 aliphatic carbocycles. The van der Waals surface area contributed by atoms with E-state index in [9.17, 15) is 9.90 Å². The molecule has 4 aromatic rings. The fourth-order valence-corrected chi connectivity index (χ4v) is 4.04. The zero-order valence-corrected chi connectivity index (χ0v) is 18.5. The first-order valence-corrected chi connectivity index (χ1v) is 10.6. The van der Waals surface area contributed by atoms with E-state index in [1.165, 1.54) is 0 Å². The molecule has 1 N–H and O–H groups in total. The second-order valence-electron chi connectivity index (χ2n) is 7.58. The van der Waals surface area contributed by atoms with Gasteiger partial charge in [-0.2, -0.15) is 0 Å². The van der Waals surface area contributed by atoms with Crippen LogP contribution in [0.3, 0.4) is 0 Å². The van der Waals surface area contributed by atoms with Crippen LogP contribution < -0.4 is 18.9 Å². The molecule has 8 heteroatoms. The van der Waals surface area contributed by atoms with Crippen molar-refractivity contribution in [3.63, 3.8) is 0 Å². The van der Waals surface area contributed by atoms with Crippen LogP contribution in [0, 0.1) is 0 Å². The summed E-state index contributed by atoms with van der Waals surface area (Å²) in [4.78, 5) is 12.0. The van der Waals surface area contributed by atoms with Crippen LogP contribution in [0.1, 0.15) is 21.6 Å². The third kappa shape index (κ3) is 4.15. The molecular weight excluding hydrogens is 446 g/mol. The van der Waals surface area contributed by atoms with E-state index in [-0.39, 0.29) is 19.0 Å². The molecule has 0 fully saturated rings. The number of nitrogens with zero attached hydrogens (tertiary/aromatic N) is 1. The van der Waals surface area contributed by atoms with E-state index < -0.39 is 5.97 Å². The molecule has 1 aliphatic rings. The number of rotatable bonds is 7. The predicted molar refractivity (Wildman–Crippen MR) is 123 cm³/mol. The van der Waals surface area contributed by atoms with Crippen molar-refractivity contribution in [2.45, 2.75) is 13.2 Å². The second-order valence-corrected chi connectivity index (χ2v) is 7.98. The Morgan fingerprint density at radius 2 is 1.76 bits per heavy atom. The van der Waals surface area contributed by atoms with Gasteiger partial charge in [0.25, 0.3) is 0 Å². The van der Waals surface area contributed by atoms with E-state index in [2.05, 4.69) is 0 Å². The van der Waals surface area contributed by atoms with Crippen molar-refractivity contribution in [3.8, 4) is 23.0 Å². The largest absolute Gasteiger partial charge is 0.497 e. The molecule has 168 valence electrons. The highest BCUT2D eigenvalue weighted by molar-refractivity contribution is 6.31. The predicted octanol–water partition coefficient (Wildman–Crippen LogP) is 5.36. The van der Waals surface area contributed by atoms with Gasteiger partial charge in [-0.25, -0.2) is 4.79 Å². The summed E-state index contributed by atoms with van der Waals surface area (Å²) in [7, 11) is 1.62. The summed E-state index contributed by atoms with van der Waals surface area (Å²) < 4.78 is 23.6. The Morgan fingerprint density at radius 1 is 1.03 bits per heavy atom. The Morgan fingerprint density at radius 3 is 2.48 bits per heavy atom. The molecule has 0 saturated carbocycles. The van der Waals surface area contributed by atoms with Crippen molar-refractivity contribution >= 4 is 28.5 Å². The SMILES string of the molecule is COc1ccc(COc2ccc3c(c2)cc(C(=O)O)n3Cc2cc3c(cc2Cl)OCO3)cc1. The maximum atomic E-state index is 12.0. The van der Waals surface area contributed by atoms with E-state index in [1.807, 2.05) is 42.5 Å². The molecule has 0 atom stereocenters. The van der Waals surface area contributed by atoms with Crippen molar-refractivity contribution in [1.82, 2.24) is 4.57 Å². The summed E-state index contributed by atoms with van der Waals surface area (Å²) in [6, 6.07) is 18.3. The van der Waals surface area contributed by atoms with Crippen molar-refractivity contribution in [2.24, 2.45) is 0 Å². The van der Waals surface area contributed by atoms with Crippen LogP contribution in [0.5, 0.6) is 23.0 Å². The van der Waals surface area contributed by atoms with E-state index in [0.29, 0.717) is 28.9 Å². The normalized spacial score (nSPS) is 12.2. The zero-order valence-electron chi connectivity index (χ0n) is 17.7. The Kier molecular flexibility index (Phi) is 5.48. The fraction of sp³-hybridized carbons (Fsp3) is 0.160. The molecular formula is C25H20ClNO6. The average Bonchev–Trinajstić information content (AvgIpc) is 3.42. The van der Waals surface area contributed by atoms with Gasteiger partial charge in [-0.1, -0.05) is 23.7 Å². The lowest BCUT2D eigenvalue weighted by Crippen LogP contribution is -2.09. The third-order valence-corrected chi connectivity index (χ3v) is 5.88. The molecule has 2 heterocycles. The molecule has 0 bridgehead atoms. The molecule has 7 nitrogen and oxygen atoms in total. The monoisotopic (exact) mass is 465 g/mol. The summed E-state index contributed by atoms with van der Waals surface area (Å²) in [5.74, 6) is 1.58. The van der Waals surface area contributed by atoms with Crippen LogP contribution in [0.2, 0.25) is 5.02 Å². The van der Waals surface area contributed by atoms with Gasteiger partial charge in [0.05, 0.1) is 13.7 Å². The second kappa shape index (κ2) is 8.60. The number of fused-ring (bicyclic) bond motifs is 2. The number of aromatic nitrogens is 1. The number of hydrogen-bond acceptors (Lipinski definition) is 5. The van der Waals surface area contributed by atoms with Gasteiger partial charge >= 0.3 is 5.97 Å². The van der Waals surface area contributed by atoms with Gasteiger partial charge in [0.15, 0.2) is 11.5 Å². The highest BCUT2D eigenvalue weighted by Crippen LogP contribution is 2.38. The number of benzene rings is 3. The van der Waals surface area contributed by atoms with Crippen molar-refractivity contribution in [2.75, 3.05) is 13.9 Å². The first-order valence-electron chi connectivity index (χ1n) is 10.2. The number of ether oxygens (including phenoxy) is 4. The molecule has 1 aliphatic heterocycles. The zero-order chi connectivity index (χ0) is 22.9. The third-order valence-electron chi connectivity index (χ3n) is 5.53. The van der Waals surface area contributed by atoms with Crippen LogP contribution >= 0.6 is 11.6 Å². The van der Waals surface area contributed by atoms with Gasteiger partial charge in [0, 0.05) is 22.0 Å². The van der Waals surface area contributed by atoms with Crippen molar-refractivity contribution in [3.05, 3.63) is 82.5 Å². The molecule has 3 aromatic carbocycles. The fourth-order valence-electron chi connectivity index (χ4n) is 3.83. The van der Waals surface area contributed by atoms with Crippen molar-refractivity contribution < 1.29 is 28.8 Å². The molecule has 0 spiro atoms. The maximum absolute atomic E-state index is 12.0. The minimum absolute atomic E-state index is 0.140. The first-order chi connectivity index (χ1) is 16.0. The Hall–Kier alpha value is -3.84. The van der Waals surface area contributed by atoms with Gasteiger partial charge in [-0.3, -0.25) is 0 Å². The molecule has 1 aromatic heterocycles. The van der Waals surface area contributed by atoms with Gasteiger partial charge in [0.2, 0.25) is 6.79 Å². The van der Waals surface area contributed by atoms with Crippen molar-refractivity contribution in [1.29, 1.82) is 0 Å². The Bertz CT molecular complexity index is 1350. The lowest BCUT2D eigenvalue weighted by Gasteiger charge is -2.12. The smallest absolute Gasteiger partial charge is 0.352 e. The molecule has 0 amide bonds. The van der Waals surface area contributed by atoms with E-state index in [0.717, 1.165) is 27.8 Å². The van der Waals surface area contributed by atoms with E-state index in [1.54, 1.807) is 29.9 Å². The average molecular weight is 466 g/mol. The van der Waals surface area contributed by atoms with Crippen LogP contribution in [0.15, 0.2) is 60.7 Å². The van der Waals surface area contributed by atoms with Crippen LogP contribution in [0.4, 0.5) is 0 Å². The van der Waals surface area contributed by atoms with E-state index >= 15 is 0 Å². The topological polar surface area (TPSA) is 79.2 Å².